The monoisotopic (exact) mass is 429 g/mol. The number of anilines is 1. The van der Waals surface area contributed by atoms with Crippen molar-refractivity contribution in [2.24, 2.45) is 11.8 Å². The summed E-state index contributed by atoms with van der Waals surface area (Å²) in [6.07, 6.45) is 1.09. The number of carbonyl (C=O) groups is 3. The van der Waals surface area contributed by atoms with E-state index < -0.39 is 34.6 Å². The number of benzene rings is 1. The number of likely N-dealkylation sites (tertiary alicyclic amines) is 1. The van der Waals surface area contributed by atoms with E-state index in [0.29, 0.717) is 18.5 Å². The van der Waals surface area contributed by atoms with E-state index in [9.17, 15) is 19.5 Å². The highest BCUT2D eigenvalue weighted by molar-refractivity contribution is 6.02. The van der Waals surface area contributed by atoms with Gasteiger partial charge in [0.15, 0.2) is 0 Å². The molecule has 2 bridgehead atoms. The molecule has 3 saturated heterocycles. The van der Waals surface area contributed by atoms with Crippen LogP contribution < -0.4 is 10.6 Å². The average Bonchev–Trinajstić information content (AvgIpc) is 3.23. The van der Waals surface area contributed by atoms with Crippen LogP contribution in [0.25, 0.3) is 0 Å². The van der Waals surface area contributed by atoms with Crippen LogP contribution >= 0.6 is 0 Å². The van der Waals surface area contributed by atoms with Crippen LogP contribution in [0.15, 0.2) is 30.3 Å². The summed E-state index contributed by atoms with van der Waals surface area (Å²) in [5.41, 5.74) is -1.75. The van der Waals surface area contributed by atoms with E-state index in [-0.39, 0.29) is 30.9 Å². The van der Waals surface area contributed by atoms with Gasteiger partial charge in [0.1, 0.15) is 11.6 Å². The maximum Gasteiger partial charge on any atom is 0.246 e. The second-order valence-electron chi connectivity index (χ2n) is 10.1. The Morgan fingerprint density at radius 1 is 1.19 bits per heavy atom. The molecule has 0 aromatic heterocycles. The Balaban J connectivity index is 1.71. The quantitative estimate of drug-likeness (QED) is 0.654. The Labute approximate surface area is 182 Å². The number of ether oxygens (including phenoxy) is 1. The summed E-state index contributed by atoms with van der Waals surface area (Å²) in [6.45, 7) is 7.23. The van der Waals surface area contributed by atoms with Gasteiger partial charge < -0.3 is 25.4 Å². The summed E-state index contributed by atoms with van der Waals surface area (Å²) in [5.74, 6) is -2.39. The third-order valence-corrected chi connectivity index (χ3v) is 6.69. The molecule has 8 heteroatoms. The highest BCUT2D eigenvalue weighted by atomic mass is 16.5. The Morgan fingerprint density at radius 3 is 2.48 bits per heavy atom. The predicted molar refractivity (Wildman–Crippen MR) is 114 cm³/mol. The Hall–Kier alpha value is -2.45. The van der Waals surface area contributed by atoms with Crippen molar-refractivity contribution in [3.63, 3.8) is 0 Å². The van der Waals surface area contributed by atoms with E-state index in [0.717, 1.165) is 0 Å². The lowest BCUT2D eigenvalue weighted by atomic mass is 9.66. The second kappa shape index (κ2) is 7.31. The molecule has 3 N–H and O–H groups in total. The number of fused-ring (bicyclic) bond motifs is 1. The first-order chi connectivity index (χ1) is 14.5. The lowest BCUT2D eigenvalue weighted by Gasteiger charge is -2.35. The zero-order chi connectivity index (χ0) is 22.6. The van der Waals surface area contributed by atoms with Gasteiger partial charge in [0.25, 0.3) is 0 Å². The molecule has 8 nitrogen and oxygen atoms in total. The fraction of sp³-hybridized carbons (Fsp3) is 0.609. The first kappa shape index (κ1) is 21.8. The predicted octanol–water partition coefficient (Wildman–Crippen LogP) is 1.30. The van der Waals surface area contributed by atoms with Gasteiger partial charge >= 0.3 is 0 Å². The SMILES string of the molecule is CC(C)(C)NC(=O)C1N(CCO)C(=O)[C@@H]2[C@H](C(=O)Nc3ccccc3)[C@]3(C)CCC12O3. The van der Waals surface area contributed by atoms with Crippen molar-refractivity contribution < 1.29 is 24.2 Å². The Morgan fingerprint density at radius 2 is 1.87 bits per heavy atom. The largest absolute Gasteiger partial charge is 0.395 e. The summed E-state index contributed by atoms with van der Waals surface area (Å²) < 4.78 is 6.47. The molecule has 3 heterocycles. The van der Waals surface area contributed by atoms with Gasteiger partial charge in [-0.1, -0.05) is 18.2 Å². The molecular formula is C23H31N3O5. The number of hydrogen-bond donors (Lipinski definition) is 3. The summed E-state index contributed by atoms with van der Waals surface area (Å²) in [7, 11) is 0. The van der Waals surface area contributed by atoms with E-state index >= 15 is 0 Å². The highest BCUT2D eigenvalue weighted by Crippen LogP contribution is 2.63. The van der Waals surface area contributed by atoms with Gasteiger partial charge in [0.2, 0.25) is 17.7 Å². The summed E-state index contributed by atoms with van der Waals surface area (Å²) in [5, 5.41) is 15.5. The van der Waals surface area contributed by atoms with E-state index in [4.69, 9.17) is 4.74 Å². The van der Waals surface area contributed by atoms with E-state index in [1.807, 2.05) is 45.9 Å². The van der Waals surface area contributed by atoms with Crippen LogP contribution in [-0.4, -0.2) is 63.7 Å². The first-order valence-electron chi connectivity index (χ1n) is 10.8. The molecule has 3 amide bonds. The molecule has 3 aliphatic rings. The molecule has 1 aromatic rings. The van der Waals surface area contributed by atoms with Crippen LogP contribution in [0.3, 0.4) is 0 Å². The highest BCUT2D eigenvalue weighted by Gasteiger charge is 2.77. The van der Waals surface area contributed by atoms with Crippen molar-refractivity contribution in [3.05, 3.63) is 30.3 Å². The lowest BCUT2D eigenvalue weighted by molar-refractivity contribution is -0.146. The molecule has 3 fully saturated rings. The molecule has 168 valence electrons. The molecule has 0 radical (unpaired) electrons. The number of rotatable bonds is 5. The average molecular weight is 430 g/mol. The number of nitrogens with one attached hydrogen (secondary N) is 2. The summed E-state index contributed by atoms with van der Waals surface area (Å²) >= 11 is 0. The number of hydrogen-bond acceptors (Lipinski definition) is 5. The van der Waals surface area contributed by atoms with Gasteiger partial charge in [-0.05, 0) is 52.7 Å². The minimum atomic E-state index is -1.07. The van der Waals surface area contributed by atoms with Crippen LogP contribution in [0.4, 0.5) is 5.69 Å². The molecule has 5 atom stereocenters. The zero-order valence-electron chi connectivity index (χ0n) is 18.5. The number of para-hydroxylation sites is 1. The Kier molecular flexibility index (Phi) is 5.13. The summed E-state index contributed by atoms with van der Waals surface area (Å²) in [6, 6.07) is 8.21. The molecule has 0 saturated carbocycles. The topological polar surface area (TPSA) is 108 Å². The number of β-amino-alcohol motifs (C(OH)–C–C–N with tert-alkyl or cyclic N) is 1. The number of amides is 3. The van der Waals surface area contributed by atoms with Crippen LogP contribution in [0.5, 0.6) is 0 Å². The normalized spacial score (nSPS) is 34.0. The van der Waals surface area contributed by atoms with Crippen molar-refractivity contribution in [1.29, 1.82) is 0 Å². The third kappa shape index (κ3) is 3.42. The van der Waals surface area contributed by atoms with E-state index in [1.54, 1.807) is 12.1 Å². The van der Waals surface area contributed by atoms with Crippen molar-refractivity contribution >= 4 is 23.4 Å². The minimum Gasteiger partial charge on any atom is -0.395 e. The summed E-state index contributed by atoms with van der Waals surface area (Å²) in [4.78, 5) is 41.6. The maximum absolute atomic E-state index is 13.5. The zero-order valence-corrected chi connectivity index (χ0v) is 18.5. The molecule has 1 spiro atoms. The van der Waals surface area contributed by atoms with Crippen LogP contribution in [-0.2, 0) is 19.1 Å². The third-order valence-electron chi connectivity index (χ3n) is 6.69. The van der Waals surface area contributed by atoms with Crippen molar-refractivity contribution in [1.82, 2.24) is 10.2 Å². The molecule has 0 aliphatic carbocycles. The molecular weight excluding hydrogens is 398 g/mol. The lowest BCUT2D eigenvalue weighted by Crippen LogP contribution is -2.58. The fourth-order valence-electron chi connectivity index (χ4n) is 5.65. The molecule has 4 rings (SSSR count). The van der Waals surface area contributed by atoms with Crippen molar-refractivity contribution in [3.8, 4) is 0 Å². The smallest absolute Gasteiger partial charge is 0.246 e. The van der Waals surface area contributed by atoms with E-state index in [2.05, 4.69) is 10.6 Å². The van der Waals surface area contributed by atoms with Crippen LogP contribution in [0.1, 0.15) is 40.5 Å². The number of aliphatic hydroxyl groups excluding tert-OH is 1. The van der Waals surface area contributed by atoms with Gasteiger partial charge in [-0.25, -0.2) is 0 Å². The molecule has 2 unspecified atom stereocenters. The van der Waals surface area contributed by atoms with Gasteiger partial charge in [-0.3, -0.25) is 14.4 Å². The van der Waals surface area contributed by atoms with Crippen molar-refractivity contribution in [2.75, 3.05) is 18.5 Å². The van der Waals surface area contributed by atoms with Gasteiger partial charge in [0, 0.05) is 17.8 Å². The van der Waals surface area contributed by atoms with Gasteiger partial charge in [-0.2, -0.15) is 0 Å². The first-order valence-corrected chi connectivity index (χ1v) is 10.8. The minimum absolute atomic E-state index is 0.0202. The Bertz CT molecular complexity index is 898. The maximum atomic E-state index is 13.5. The van der Waals surface area contributed by atoms with Crippen LogP contribution in [0.2, 0.25) is 0 Å². The molecule has 1 aromatic carbocycles. The van der Waals surface area contributed by atoms with Gasteiger partial charge in [-0.15, -0.1) is 0 Å². The van der Waals surface area contributed by atoms with Crippen LogP contribution in [0, 0.1) is 11.8 Å². The fourth-order valence-corrected chi connectivity index (χ4v) is 5.65. The number of carbonyl (C=O) groups excluding carboxylic acids is 3. The van der Waals surface area contributed by atoms with E-state index in [1.165, 1.54) is 4.90 Å². The molecule has 3 aliphatic heterocycles. The second-order valence-corrected chi connectivity index (χ2v) is 10.1. The molecule has 31 heavy (non-hydrogen) atoms. The number of aliphatic hydroxyl groups is 1. The standard InChI is InChI=1S/C23H31N3O5/c1-21(2,3)25-19(29)17-23-11-10-22(4,31-23)15(16(23)20(30)26(17)12-13-27)18(28)24-14-8-6-5-7-9-14/h5-9,15-17,27H,10-13H2,1-4H3,(H,24,28)(H,25,29)/t15-,16+,17?,22+,23?/m1/s1. The van der Waals surface area contributed by atoms with Crippen molar-refractivity contribution in [2.45, 2.75) is 63.3 Å². The number of nitrogens with zero attached hydrogens (tertiary/aromatic N) is 1. The van der Waals surface area contributed by atoms with Gasteiger partial charge in [0.05, 0.1) is 24.0 Å².